The van der Waals surface area contributed by atoms with Gasteiger partial charge in [-0.25, -0.2) is 4.39 Å². The third kappa shape index (κ3) is 2.33. The van der Waals surface area contributed by atoms with Gasteiger partial charge in [-0.2, -0.15) is 0 Å². The summed E-state index contributed by atoms with van der Waals surface area (Å²) in [7, 11) is 0. The van der Waals surface area contributed by atoms with Gasteiger partial charge < -0.3 is 15.4 Å². The molecule has 0 bridgehead atoms. The topological polar surface area (TPSA) is 55.6 Å². The van der Waals surface area contributed by atoms with Crippen molar-refractivity contribution in [2.24, 2.45) is 5.73 Å². The number of β-lactam (4-membered cyclic amide) rings is 1. The zero-order chi connectivity index (χ0) is 15.7. The first kappa shape index (κ1) is 14.5. The highest BCUT2D eigenvalue weighted by atomic mass is 19.1. The van der Waals surface area contributed by atoms with E-state index < -0.39 is 12.1 Å². The Bertz CT molecular complexity index is 687. The lowest BCUT2D eigenvalue weighted by Crippen LogP contribution is -2.63. The molecule has 114 valence electrons. The molecule has 22 heavy (non-hydrogen) atoms. The van der Waals surface area contributed by atoms with Crippen LogP contribution in [0.15, 0.2) is 48.5 Å². The monoisotopic (exact) mass is 300 g/mol. The van der Waals surface area contributed by atoms with Crippen molar-refractivity contribution in [2.75, 3.05) is 11.5 Å². The summed E-state index contributed by atoms with van der Waals surface area (Å²) in [6.45, 7) is 2.48. The number of nitrogens with zero attached hydrogens (tertiary/aromatic N) is 1. The Hall–Kier alpha value is -2.40. The van der Waals surface area contributed by atoms with Crippen molar-refractivity contribution in [3.8, 4) is 5.75 Å². The van der Waals surface area contributed by atoms with Gasteiger partial charge in [0.1, 0.15) is 17.6 Å². The smallest absolute Gasteiger partial charge is 0.247 e. The lowest BCUT2D eigenvalue weighted by Gasteiger charge is -2.45. The van der Waals surface area contributed by atoms with E-state index in [1.54, 1.807) is 42.5 Å². The standard InChI is InChI=1S/C17H17FN2O2/c1-2-22-12-9-7-11(8-10-12)20-16(15(19)17(20)21)13-5-3-4-6-14(13)18/h3-10,15-16H,2,19H2,1H3/t15-,16-/m1/s1. The highest BCUT2D eigenvalue weighted by Crippen LogP contribution is 2.39. The maximum Gasteiger partial charge on any atom is 0.247 e. The van der Waals surface area contributed by atoms with Crippen molar-refractivity contribution in [1.29, 1.82) is 0 Å². The predicted octanol–water partition coefficient (Wildman–Crippen LogP) is 2.64. The van der Waals surface area contributed by atoms with Gasteiger partial charge in [-0.3, -0.25) is 4.79 Å². The second kappa shape index (κ2) is 5.77. The van der Waals surface area contributed by atoms with Crippen LogP contribution in [0.5, 0.6) is 5.75 Å². The van der Waals surface area contributed by atoms with Gasteiger partial charge in [0.15, 0.2) is 0 Å². The third-order valence-electron chi connectivity index (χ3n) is 3.79. The van der Waals surface area contributed by atoms with E-state index in [1.165, 1.54) is 11.0 Å². The van der Waals surface area contributed by atoms with Crippen LogP contribution in [0.4, 0.5) is 10.1 Å². The molecule has 0 aromatic heterocycles. The summed E-state index contributed by atoms with van der Waals surface area (Å²) in [4.78, 5) is 13.6. The van der Waals surface area contributed by atoms with Crippen LogP contribution in [0.25, 0.3) is 0 Å². The average molecular weight is 300 g/mol. The summed E-state index contributed by atoms with van der Waals surface area (Å²) < 4.78 is 19.4. The average Bonchev–Trinajstić information content (AvgIpc) is 2.54. The molecule has 2 N–H and O–H groups in total. The Labute approximate surface area is 128 Å². The summed E-state index contributed by atoms with van der Waals surface area (Å²) in [6.07, 6.45) is 0. The van der Waals surface area contributed by atoms with E-state index >= 15 is 0 Å². The normalized spacial score (nSPS) is 20.7. The minimum Gasteiger partial charge on any atom is -0.494 e. The molecule has 0 radical (unpaired) electrons. The van der Waals surface area contributed by atoms with E-state index in [0.29, 0.717) is 17.9 Å². The van der Waals surface area contributed by atoms with Crippen LogP contribution >= 0.6 is 0 Å². The first-order valence-corrected chi connectivity index (χ1v) is 7.19. The Kier molecular flexibility index (Phi) is 3.81. The number of hydrogen-bond donors (Lipinski definition) is 1. The van der Waals surface area contributed by atoms with Crippen molar-refractivity contribution in [3.63, 3.8) is 0 Å². The van der Waals surface area contributed by atoms with Crippen LogP contribution in [0.1, 0.15) is 18.5 Å². The number of halogens is 1. The molecule has 2 aromatic carbocycles. The molecule has 5 heteroatoms. The van der Waals surface area contributed by atoms with E-state index in [2.05, 4.69) is 0 Å². The Morgan fingerprint density at radius 1 is 1.18 bits per heavy atom. The van der Waals surface area contributed by atoms with Crippen LogP contribution in [-0.4, -0.2) is 18.6 Å². The summed E-state index contributed by atoms with van der Waals surface area (Å²) in [5.41, 5.74) is 7.01. The molecule has 1 saturated heterocycles. The summed E-state index contributed by atoms with van der Waals surface area (Å²) in [5.74, 6) is 0.162. The van der Waals surface area contributed by atoms with E-state index in [0.717, 1.165) is 5.75 Å². The molecule has 2 aromatic rings. The predicted molar refractivity (Wildman–Crippen MR) is 82.2 cm³/mol. The van der Waals surface area contributed by atoms with E-state index in [-0.39, 0.29) is 11.7 Å². The first-order chi connectivity index (χ1) is 10.6. The van der Waals surface area contributed by atoms with Crippen LogP contribution in [0.3, 0.4) is 0 Å². The molecule has 0 unspecified atom stereocenters. The van der Waals surface area contributed by atoms with Crippen LogP contribution < -0.4 is 15.4 Å². The Morgan fingerprint density at radius 2 is 1.86 bits per heavy atom. The summed E-state index contributed by atoms with van der Waals surface area (Å²) in [5, 5.41) is 0. The zero-order valence-corrected chi connectivity index (χ0v) is 12.2. The molecule has 1 aliphatic rings. The molecule has 0 spiro atoms. The SMILES string of the molecule is CCOc1ccc(N2C(=O)[C@H](N)[C@H]2c2ccccc2F)cc1. The molecule has 0 saturated carbocycles. The van der Waals surface area contributed by atoms with Gasteiger partial charge in [0, 0.05) is 11.3 Å². The molecule has 1 amide bonds. The summed E-state index contributed by atoms with van der Waals surface area (Å²) in [6, 6.07) is 12.3. The molecule has 3 rings (SSSR count). The Morgan fingerprint density at radius 3 is 2.50 bits per heavy atom. The van der Waals surface area contributed by atoms with Crippen LogP contribution in [-0.2, 0) is 4.79 Å². The fourth-order valence-corrected chi connectivity index (χ4v) is 2.72. The molecule has 1 fully saturated rings. The van der Waals surface area contributed by atoms with Gasteiger partial charge in [-0.05, 0) is 37.3 Å². The van der Waals surface area contributed by atoms with E-state index in [9.17, 15) is 9.18 Å². The van der Waals surface area contributed by atoms with Gasteiger partial charge in [-0.15, -0.1) is 0 Å². The van der Waals surface area contributed by atoms with Crippen LogP contribution in [0, 0.1) is 5.82 Å². The van der Waals surface area contributed by atoms with Gasteiger partial charge in [0.2, 0.25) is 5.91 Å². The lowest BCUT2D eigenvalue weighted by molar-refractivity contribution is -0.126. The largest absolute Gasteiger partial charge is 0.494 e. The first-order valence-electron chi connectivity index (χ1n) is 7.19. The highest BCUT2D eigenvalue weighted by Gasteiger charge is 2.47. The quantitative estimate of drug-likeness (QED) is 0.883. The zero-order valence-electron chi connectivity index (χ0n) is 12.2. The van der Waals surface area contributed by atoms with E-state index in [4.69, 9.17) is 10.5 Å². The minimum atomic E-state index is -0.719. The number of benzene rings is 2. The molecule has 1 aliphatic heterocycles. The molecule has 4 nitrogen and oxygen atoms in total. The fourth-order valence-electron chi connectivity index (χ4n) is 2.72. The Balaban J connectivity index is 1.91. The second-order valence-corrected chi connectivity index (χ2v) is 5.13. The summed E-state index contributed by atoms with van der Waals surface area (Å²) >= 11 is 0. The van der Waals surface area contributed by atoms with Gasteiger partial charge >= 0.3 is 0 Å². The maximum atomic E-state index is 14.0. The lowest BCUT2D eigenvalue weighted by atomic mass is 9.88. The number of ether oxygens (including phenoxy) is 1. The fraction of sp³-hybridized carbons (Fsp3) is 0.235. The second-order valence-electron chi connectivity index (χ2n) is 5.13. The third-order valence-corrected chi connectivity index (χ3v) is 3.79. The number of anilines is 1. The molecule has 1 heterocycles. The van der Waals surface area contributed by atoms with Crippen molar-refractivity contribution in [1.82, 2.24) is 0 Å². The molecule has 0 aliphatic carbocycles. The van der Waals surface area contributed by atoms with Gasteiger partial charge in [0.25, 0.3) is 0 Å². The van der Waals surface area contributed by atoms with Gasteiger partial charge in [0.05, 0.1) is 12.6 Å². The number of hydrogen-bond acceptors (Lipinski definition) is 3. The molecular formula is C17H17FN2O2. The van der Waals surface area contributed by atoms with Crippen molar-refractivity contribution < 1.29 is 13.9 Å². The number of carbonyl (C=O) groups is 1. The van der Waals surface area contributed by atoms with E-state index in [1.807, 2.05) is 6.92 Å². The number of rotatable bonds is 4. The molecule has 2 atom stereocenters. The highest BCUT2D eigenvalue weighted by molar-refractivity contribution is 6.05. The van der Waals surface area contributed by atoms with Crippen LogP contribution in [0.2, 0.25) is 0 Å². The molecular weight excluding hydrogens is 283 g/mol. The number of nitrogens with two attached hydrogens (primary N) is 1. The van der Waals surface area contributed by atoms with Gasteiger partial charge in [-0.1, -0.05) is 18.2 Å². The van der Waals surface area contributed by atoms with Crippen molar-refractivity contribution in [3.05, 3.63) is 59.9 Å². The van der Waals surface area contributed by atoms with Crippen molar-refractivity contribution in [2.45, 2.75) is 19.0 Å². The number of amides is 1. The minimum absolute atomic E-state index is 0.211. The maximum absolute atomic E-state index is 14.0. The number of carbonyl (C=O) groups excluding carboxylic acids is 1. The van der Waals surface area contributed by atoms with Crippen molar-refractivity contribution >= 4 is 11.6 Å².